The molecule has 11 aromatic rings. The van der Waals surface area contributed by atoms with Gasteiger partial charge in [0.2, 0.25) is 6.71 Å². The maximum absolute atomic E-state index is 7.21. The molecule has 0 spiro atoms. The van der Waals surface area contributed by atoms with E-state index in [0.717, 1.165) is 39.9 Å². The second kappa shape index (κ2) is 20.6. The van der Waals surface area contributed by atoms with E-state index in [1.54, 1.807) is 0 Å². The molecule has 16 rings (SSSR count). The van der Waals surface area contributed by atoms with Gasteiger partial charge in [-0.25, -0.2) is 0 Å². The van der Waals surface area contributed by atoms with Crippen LogP contribution in [-0.4, -0.2) is 18.7 Å². The first-order valence-electron chi connectivity index (χ1n) is 30.1. The van der Waals surface area contributed by atoms with Crippen molar-refractivity contribution in [3.05, 3.63) is 299 Å². The molecule has 2 atom stereocenters. The minimum absolute atomic E-state index is 0.0240. The maximum atomic E-state index is 7.21. The van der Waals surface area contributed by atoms with Crippen LogP contribution in [0, 0.1) is 41.5 Å². The van der Waals surface area contributed by atoms with Crippen molar-refractivity contribution in [2.75, 3.05) is 19.6 Å². The molecular weight excluding hydrogens is 1060 g/mol. The Morgan fingerprint density at radius 3 is 1.55 bits per heavy atom. The van der Waals surface area contributed by atoms with Crippen LogP contribution < -0.4 is 46.2 Å². The van der Waals surface area contributed by atoms with Crippen molar-refractivity contribution in [1.82, 2.24) is 0 Å². The van der Waals surface area contributed by atoms with Gasteiger partial charge in [-0.15, -0.1) is 11.8 Å². The monoisotopic (exact) mass is 1120 g/mol. The van der Waals surface area contributed by atoms with Crippen LogP contribution in [0.15, 0.2) is 271 Å². The first-order chi connectivity index (χ1) is 42.2. The molecule has 11 aromatic carbocycles. The first-order valence-corrected chi connectivity index (χ1v) is 31.0. The van der Waals surface area contributed by atoms with Crippen molar-refractivity contribution in [1.29, 1.82) is 0 Å². The topological polar surface area (TPSA) is 22.2 Å². The molecule has 4 aliphatic heterocycles. The molecule has 2 unspecified atom stereocenters. The Balaban J connectivity index is 0.998. The van der Waals surface area contributed by atoms with E-state index >= 15 is 0 Å². The van der Waals surface area contributed by atoms with Crippen molar-refractivity contribution < 1.29 is 4.74 Å². The molecule has 1 aliphatic carbocycles. The lowest BCUT2D eigenvalue weighted by molar-refractivity contribution is 0.485. The Hall–Kier alpha value is -9.62. The number of allylic oxidation sites excluding steroid dienone is 2. The van der Waals surface area contributed by atoms with Crippen molar-refractivity contribution in [3.63, 3.8) is 0 Å². The molecule has 0 bridgehead atoms. The number of para-hydroxylation sites is 8. The Bertz CT molecular complexity index is 4560. The van der Waals surface area contributed by atoms with Crippen LogP contribution in [0.2, 0.25) is 5.82 Å². The predicted molar refractivity (Wildman–Crippen MR) is 365 cm³/mol. The Kier molecular flexibility index (Phi) is 12.4. The predicted octanol–water partition coefficient (Wildman–Crippen LogP) is 18.3. The Morgan fingerprint density at radius 2 is 0.919 bits per heavy atom. The lowest BCUT2D eigenvalue weighted by Gasteiger charge is -2.50. The molecule has 5 nitrogen and oxygen atoms in total. The van der Waals surface area contributed by atoms with Gasteiger partial charge >= 0.3 is 0 Å². The van der Waals surface area contributed by atoms with Crippen molar-refractivity contribution in [2.45, 2.75) is 57.5 Å². The number of anilines is 11. The third kappa shape index (κ3) is 8.17. The summed E-state index contributed by atoms with van der Waals surface area (Å²) in [6, 6.07) is 89.9. The summed E-state index contributed by atoms with van der Waals surface area (Å²) in [7, 11) is 0. The van der Waals surface area contributed by atoms with E-state index in [0.29, 0.717) is 0 Å². The van der Waals surface area contributed by atoms with Gasteiger partial charge < -0.3 is 24.3 Å². The summed E-state index contributed by atoms with van der Waals surface area (Å²) in [4.78, 5) is 11.5. The Morgan fingerprint density at radius 1 is 0.407 bits per heavy atom. The summed E-state index contributed by atoms with van der Waals surface area (Å²) >= 11 is 2.00. The van der Waals surface area contributed by atoms with Gasteiger partial charge in [0.15, 0.2) is 0 Å². The molecule has 0 saturated heterocycles. The van der Waals surface area contributed by atoms with Crippen LogP contribution in [0.5, 0.6) is 11.5 Å². The molecule has 8 heteroatoms. The normalized spacial score (nSPS) is 15.7. The summed E-state index contributed by atoms with van der Waals surface area (Å²) in [5, 5.41) is 0.0434. The number of fused-ring (bicyclic) bond motifs is 8. The SMILES string of the molecule is Cc1cccc(C)c1N(c1ccccc1)c1cc2c3c(c1)SC1C=C4C(=CC1B3c1ccccc1O2)B1c2ccccc2N(c2c(C)cccc2C)c2cc(N(c3ccccc3)c3c(C)cccc3C)cc(c21)N4c1ccccc1-c1ccccc1. The van der Waals surface area contributed by atoms with Gasteiger partial charge in [0, 0.05) is 55.9 Å². The number of hydrogen-bond donors (Lipinski definition) is 0. The maximum Gasteiger partial charge on any atom is 0.251 e. The van der Waals surface area contributed by atoms with Crippen LogP contribution in [0.3, 0.4) is 0 Å². The summed E-state index contributed by atoms with van der Waals surface area (Å²) in [6.45, 7) is 13.4. The average molecular weight is 1130 g/mol. The molecule has 412 valence electrons. The molecule has 86 heavy (non-hydrogen) atoms. The zero-order valence-electron chi connectivity index (χ0n) is 49.2. The summed E-state index contributed by atoms with van der Waals surface area (Å²) in [5.74, 6) is 1.93. The highest BCUT2D eigenvalue weighted by Gasteiger charge is 2.52. The molecule has 5 aliphatic rings. The van der Waals surface area contributed by atoms with Gasteiger partial charge in [-0.1, -0.05) is 182 Å². The fourth-order valence-electron chi connectivity index (χ4n) is 15.0. The number of rotatable bonds is 9. The number of benzene rings is 11. The number of ether oxygens (including phenoxy) is 1. The van der Waals surface area contributed by atoms with E-state index in [4.69, 9.17) is 4.74 Å². The fourth-order valence-corrected chi connectivity index (χ4v) is 16.4. The van der Waals surface area contributed by atoms with Gasteiger partial charge in [-0.3, -0.25) is 0 Å². The van der Waals surface area contributed by atoms with E-state index in [1.807, 2.05) is 11.8 Å². The molecular formula is C78H62B2N4OS. The smallest absolute Gasteiger partial charge is 0.251 e. The van der Waals surface area contributed by atoms with Gasteiger partial charge in [0.05, 0.1) is 34.1 Å². The van der Waals surface area contributed by atoms with E-state index in [1.165, 1.54) is 117 Å². The molecule has 4 heterocycles. The second-order valence-electron chi connectivity index (χ2n) is 23.8. The zero-order valence-corrected chi connectivity index (χ0v) is 50.0. The van der Waals surface area contributed by atoms with Crippen molar-refractivity contribution >= 4 is 110 Å². The Labute approximate surface area is 510 Å². The first kappa shape index (κ1) is 52.0. The number of hydrogen-bond acceptors (Lipinski definition) is 6. The lowest BCUT2D eigenvalue weighted by Crippen LogP contribution is -2.59. The average Bonchev–Trinajstić information content (AvgIpc) is 0.991. The highest BCUT2D eigenvalue weighted by atomic mass is 32.2. The number of aryl methyl sites for hydroxylation is 6. The van der Waals surface area contributed by atoms with Crippen LogP contribution in [0.25, 0.3) is 11.1 Å². The third-order valence-electron chi connectivity index (χ3n) is 18.6. The molecule has 0 radical (unpaired) electrons. The summed E-state index contributed by atoms with van der Waals surface area (Å²) in [5.41, 5.74) is 29.9. The number of nitrogens with zero attached hydrogens (tertiary/aromatic N) is 4. The summed E-state index contributed by atoms with van der Waals surface area (Å²) < 4.78 is 7.21. The van der Waals surface area contributed by atoms with Crippen molar-refractivity contribution in [3.8, 4) is 22.6 Å². The van der Waals surface area contributed by atoms with Crippen LogP contribution >= 0.6 is 11.8 Å². The molecule has 0 amide bonds. The standard InChI is InChI=1S/C78H62B2N4OS/c1-49-25-22-26-50(2)76(49)81(56-33-12-8-13-34-56)58-43-68-74-69(44-58)84(78-53(5)29-24-30-54(78)6)66-41-20-17-38-61(66)79(74)63-47-64-72(48-67(63)83(68)65-40-19-16-37-60(65)55-31-10-7-11-32-55)86-73-46-59(45-71-75(73)80(64)62-39-18-21-42-70(62)85-71)82(57-35-14-9-15-36-57)77-51(3)27-23-28-52(77)4/h7-48,64,72H,1-6H3. The third-order valence-corrected chi connectivity index (χ3v) is 19.9. The van der Waals surface area contributed by atoms with Crippen LogP contribution in [-0.2, 0) is 0 Å². The van der Waals surface area contributed by atoms with Gasteiger partial charge in [0.1, 0.15) is 11.5 Å². The van der Waals surface area contributed by atoms with Crippen molar-refractivity contribution in [2.24, 2.45) is 0 Å². The molecule has 0 aromatic heterocycles. The molecule has 0 N–H and O–H groups in total. The van der Waals surface area contributed by atoms with E-state index in [2.05, 4.69) is 316 Å². The highest BCUT2D eigenvalue weighted by Crippen LogP contribution is 2.56. The summed E-state index contributed by atoms with van der Waals surface area (Å²) in [6.07, 6.45) is 5.41. The fraction of sp³-hybridized carbons (Fsp3) is 0.103. The lowest BCUT2D eigenvalue weighted by atomic mass is 9.28. The van der Waals surface area contributed by atoms with E-state index in [-0.39, 0.29) is 24.5 Å². The van der Waals surface area contributed by atoms with Gasteiger partial charge in [0.25, 0.3) is 6.71 Å². The minimum atomic E-state index is -0.108. The molecule has 0 saturated carbocycles. The quantitative estimate of drug-likeness (QED) is 0.133. The second-order valence-corrected chi connectivity index (χ2v) is 25.0. The van der Waals surface area contributed by atoms with E-state index in [9.17, 15) is 0 Å². The van der Waals surface area contributed by atoms with Crippen LogP contribution in [0.4, 0.5) is 62.6 Å². The molecule has 0 fully saturated rings. The van der Waals surface area contributed by atoms with Gasteiger partial charge in [-0.05, 0) is 180 Å². The van der Waals surface area contributed by atoms with E-state index < -0.39 is 0 Å². The van der Waals surface area contributed by atoms with Gasteiger partial charge in [-0.2, -0.15) is 0 Å². The number of thioether (sulfide) groups is 1. The zero-order chi connectivity index (χ0) is 57.9. The highest BCUT2D eigenvalue weighted by molar-refractivity contribution is 8.00. The van der Waals surface area contributed by atoms with Crippen LogP contribution in [0.1, 0.15) is 33.4 Å². The largest absolute Gasteiger partial charge is 0.458 e. The minimum Gasteiger partial charge on any atom is -0.458 e.